The minimum absolute atomic E-state index is 0.0414. The maximum absolute atomic E-state index is 13.4. The van der Waals surface area contributed by atoms with Gasteiger partial charge >= 0.3 is 0 Å². The van der Waals surface area contributed by atoms with Gasteiger partial charge in [-0.1, -0.05) is 30.3 Å². The first-order valence-electron chi connectivity index (χ1n) is 9.10. The van der Waals surface area contributed by atoms with E-state index in [1.807, 2.05) is 0 Å². The number of carbonyl (C=O) groups excluding carboxylic acids is 2. The molecule has 0 bridgehead atoms. The highest BCUT2D eigenvalue weighted by Gasteiger charge is 2.30. The molecule has 1 aliphatic rings. The third-order valence-corrected chi connectivity index (χ3v) is 6.68. The number of Topliss-reactive ketones (excluding diaryl/α,β-unsaturated/α-hetero) is 1. The second kappa shape index (κ2) is 8.79. The molecule has 2 aromatic carbocycles. The summed E-state index contributed by atoms with van der Waals surface area (Å²) in [6.45, 7) is 0.419. The fourth-order valence-electron chi connectivity index (χ4n) is 3.11. The topological polar surface area (TPSA) is 74.8 Å². The van der Waals surface area contributed by atoms with Crippen LogP contribution in [-0.4, -0.2) is 55.5 Å². The van der Waals surface area contributed by atoms with Crippen molar-refractivity contribution in [2.75, 3.05) is 26.2 Å². The Morgan fingerprint density at radius 3 is 2.14 bits per heavy atom. The SMILES string of the molecule is O=C(CCC(=O)N1CCN(S(=O)(=O)c2ccc(F)c(F)c2)CC1)c1ccccc1. The van der Waals surface area contributed by atoms with Crippen LogP contribution < -0.4 is 0 Å². The van der Waals surface area contributed by atoms with Crippen LogP contribution >= 0.6 is 0 Å². The summed E-state index contributed by atoms with van der Waals surface area (Å²) >= 11 is 0. The van der Waals surface area contributed by atoms with Crippen LogP contribution in [0.15, 0.2) is 53.4 Å². The molecule has 154 valence electrons. The maximum atomic E-state index is 13.4. The van der Waals surface area contributed by atoms with E-state index in [0.29, 0.717) is 11.6 Å². The van der Waals surface area contributed by atoms with Gasteiger partial charge in [-0.25, -0.2) is 17.2 Å². The number of amides is 1. The lowest BCUT2D eigenvalue weighted by atomic mass is 10.1. The largest absolute Gasteiger partial charge is 0.340 e. The number of piperazine rings is 1. The second-order valence-corrected chi connectivity index (χ2v) is 8.59. The monoisotopic (exact) mass is 422 g/mol. The minimum atomic E-state index is -3.98. The molecule has 6 nitrogen and oxygen atoms in total. The predicted molar refractivity (Wildman–Crippen MR) is 102 cm³/mol. The standard InChI is InChI=1S/C20H20F2N2O4S/c21-17-7-6-16(14-18(17)22)29(27,28)24-12-10-23(11-13-24)20(26)9-8-19(25)15-4-2-1-3-5-15/h1-7,14H,8-13H2. The lowest BCUT2D eigenvalue weighted by Crippen LogP contribution is -2.50. The van der Waals surface area contributed by atoms with Gasteiger partial charge in [0.1, 0.15) is 0 Å². The summed E-state index contributed by atoms with van der Waals surface area (Å²) in [7, 11) is -3.98. The van der Waals surface area contributed by atoms with Gasteiger partial charge in [-0.15, -0.1) is 0 Å². The van der Waals surface area contributed by atoms with Crippen molar-refractivity contribution in [2.24, 2.45) is 0 Å². The second-order valence-electron chi connectivity index (χ2n) is 6.65. The Labute approximate surface area is 167 Å². The van der Waals surface area contributed by atoms with Crippen molar-refractivity contribution in [1.82, 2.24) is 9.21 Å². The highest BCUT2D eigenvalue weighted by molar-refractivity contribution is 7.89. The maximum Gasteiger partial charge on any atom is 0.243 e. The summed E-state index contributed by atoms with van der Waals surface area (Å²) in [4.78, 5) is 25.6. The number of rotatable bonds is 6. The van der Waals surface area contributed by atoms with Gasteiger partial charge in [0, 0.05) is 44.6 Å². The van der Waals surface area contributed by atoms with Gasteiger partial charge in [0.05, 0.1) is 4.90 Å². The minimum Gasteiger partial charge on any atom is -0.340 e. The number of sulfonamides is 1. The first-order valence-corrected chi connectivity index (χ1v) is 10.5. The molecule has 0 aliphatic carbocycles. The molecule has 1 aliphatic heterocycles. The zero-order valence-electron chi connectivity index (χ0n) is 15.6. The van der Waals surface area contributed by atoms with Gasteiger partial charge in [0.2, 0.25) is 15.9 Å². The molecule has 2 aromatic rings. The molecule has 9 heteroatoms. The van der Waals surface area contributed by atoms with Crippen LogP contribution in [0.4, 0.5) is 8.78 Å². The first-order chi connectivity index (χ1) is 13.8. The van der Waals surface area contributed by atoms with Crippen LogP contribution in [0, 0.1) is 11.6 Å². The van der Waals surface area contributed by atoms with Crippen molar-refractivity contribution >= 4 is 21.7 Å². The van der Waals surface area contributed by atoms with E-state index in [-0.39, 0.29) is 55.6 Å². The lowest BCUT2D eigenvalue weighted by Gasteiger charge is -2.34. The Morgan fingerprint density at radius 1 is 0.862 bits per heavy atom. The summed E-state index contributed by atoms with van der Waals surface area (Å²) in [5.74, 6) is -2.70. The van der Waals surface area contributed by atoms with Crippen LogP contribution in [0.3, 0.4) is 0 Å². The van der Waals surface area contributed by atoms with E-state index in [0.717, 1.165) is 16.4 Å². The Kier molecular flexibility index (Phi) is 6.39. The molecule has 0 N–H and O–H groups in total. The number of halogens is 2. The fraction of sp³-hybridized carbons (Fsp3) is 0.300. The van der Waals surface area contributed by atoms with Gasteiger partial charge < -0.3 is 4.90 Å². The Hall–Kier alpha value is -2.65. The normalized spacial score (nSPS) is 15.3. The van der Waals surface area contributed by atoms with Crippen molar-refractivity contribution in [1.29, 1.82) is 0 Å². The summed E-state index contributed by atoms with van der Waals surface area (Å²) in [6, 6.07) is 11.1. The Morgan fingerprint density at radius 2 is 1.52 bits per heavy atom. The molecule has 3 rings (SSSR count). The molecule has 1 fully saturated rings. The number of hydrogen-bond acceptors (Lipinski definition) is 4. The van der Waals surface area contributed by atoms with E-state index in [4.69, 9.17) is 0 Å². The molecule has 0 atom stereocenters. The van der Waals surface area contributed by atoms with Crippen LogP contribution in [-0.2, 0) is 14.8 Å². The van der Waals surface area contributed by atoms with Crippen molar-refractivity contribution < 1.29 is 26.8 Å². The summed E-state index contributed by atoms with van der Waals surface area (Å²) in [5.41, 5.74) is 0.544. The van der Waals surface area contributed by atoms with E-state index in [1.54, 1.807) is 30.3 Å². The predicted octanol–water partition coefficient (Wildman–Crippen LogP) is 2.46. The summed E-state index contributed by atoms with van der Waals surface area (Å²) in [6.07, 6.45) is 0.125. The van der Waals surface area contributed by atoms with Crippen molar-refractivity contribution in [3.63, 3.8) is 0 Å². The van der Waals surface area contributed by atoms with E-state index in [9.17, 15) is 26.8 Å². The molecule has 0 radical (unpaired) electrons. The zero-order valence-corrected chi connectivity index (χ0v) is 16.4. The third-order valence-electron chi connectivity index (χ3n) is 4.78. The number of nitrogens with zero attached hydrogens (tertiary/aromatic N) is 2. The van der Waals surface area contributed by atoms with Crippen LogP contribution in [0.2, 0.25) is 0 Å². The molecule has 0 unspecified atom stereocenters. The fourth-order valence-corrected chi connectivity index (χ4v) is 4.55. The first kappa shape index (κ1) is 21.1. The molecule has 29 heavy (non-hydrogen) atoms. The van der Waals surface area contributed by atoms with E-state index >= 15 is 0 Å². The van der Waals surface area contributed by atoms with Gasteiger partial charge in [-0.05, 0) is 18.2 Å². The smallest absolute Gasteiger partial charge is 0.243 e. The summed E-state index contributed by atoms with van der Waals surface area (Å²) < 4.78 is 52.7. The molecular formula is C20H20F2N2O4S. The van der Waals surface area contributed by atoms with Crippen molar-refractivity contribution in [3.8, 4) is 0 Å². The average molecular weight is 422 g/mol. The quantitative estimate of drug-likeness (QED) is 0.671. The van der Waals surface area contributed by atoms with Gasteiger partial charge in [0.25, 0.3) is 0 Å². The number of ketones is 1. The van der Waals surface area contributed by atoms with Crippen molar-refractivity contribution in [3.05, 3.63) is 65.7 Å². The van der Waals surface area contributed by atoms with Gasteiger partial charge in [0.15, 0.2) is 17.4 Å². The average Bonchev–Trinajstić information content (AvgIpc) is 2.74. The van der Waals surface area contributed by atoms with E-state index in [1.165, 1.54) is 4.90 Å². The van der Waals surface area contributed by atoms with Crippen LogP contribution in [0.25, 0.3) is 0 Å². The number of carbonyl (C=O) groups is 2. The molecule has 1 amide bonds. The molecule has 1 heterocycles. The lowest BCUT2D eigenvalue weighted by molar-refractivity contribution is -0.132. The number of benzene rings is 2. The Bertz CT molecular complexity index is 1000. The van der Waals surface area contributed by atoms with Crippen LogP contribution in [0.1, 0.15) is 23.2 Å². The number of hydrogen-bond donors (Lipinski definition) is 0. The van der Waals surface area contributed by atoms with E-state index in [2.05, 4.69) is 0 Å². The molecule has 0 spiro atoms. The highest BCUT2D eigenvalue weighted by atomic mass is 32.2. The molecule has 0 aromatic heterocycles. The molecule has 1 saturated heterocycles. The Balaban J connectivity index is 1.55. The van der Waals surface area contributed by atoms with Gasteiger partial charge in [-0.3, -0.25) is 9.59 Å². The van der Waals surface area contributed by atoms with Gasteiger partial charge in [-0.2, -0.15) is 4.31 Å². The van der Waals surface area contributed by atoms with Crippen molar-refractivity contribution in [2.45, 2.75) is 17.7 Å². The molecular weight excluding hydrogens is 402 g/mol. The van der Waals surface area contributed by atoms with Crippen LogP contribution in [0.5, 0.6) is 0 Å². The highest BCUT2D eigenvalue weighted by Crippen LogP contribution is 2.20. The summed E-state index contributed by atoms with van der Waals surface area (Å²) in [5, 5.41) is 0. The third kappa shape index (κ3) is 4.86. The zero-order chi connectivity index (χ0) is 21.0. The molecule has 0 saturated carbocycles. The van der Waals surface area contributed by atoms with E-state index < -0.39 is 21.7 Å².